The van der Waals surface area contributed by atoms with E-state index in [0.717, 1.165) is 24.6 Å². The lowest BCUT2D eigenvalue weighted by molar-refractivity contribution is 0.823. The maximum Gasteiger partial charge on any atom is 0.207 e. The number of rotatable bonds is 5. The van der Waals surface area contributed by atoms with Gasteiger partial charge in [-0.3, -0.25) is 9.67 Å². The topological polar surface area (TPSA) is 58.5 Å². The van der Waals surface area contributed by atoms with Crippen LogP contribution in [0.2, 0.25) is 0 Å². The van der Waals surface area contributed by atoms with Crippen LogP contribution in [0.5, 0.6) is 0 Å². The van der Waals surface area contributed by atoms with Crippen molar-refractivity contribution in [1.82, 2.24) is 19.7 Å². The lowest BCUT2D eigenvalue weighted by Gasteiger charge is -2.06. The van der Waals surface area contributed by atoms with Crippen LogP contribution < -0.4 is 5.32 Å². The molecule has 0 aliphatic rings. The summed E-state index contributed by atoms with van der Waals surface area (Å²) in [6.45, 7) is 3.12. The van der Waals surface area contributed by atoms with Gasteiger partial charge in [0.15, 0.2) is 0 Å². The summed E-state index contributed by atoms with van der Waals surface area (Å²) in [5, 5.41) is 9.99. The van der Waals surface area contributed by atoms with Gasteiger partial charge in [0.25, 0.3) is 0 Å². The summed E-state index contributed by atoms with van der Waals surface area (Å²) in [4.78, 5) is 4.25. The normalized spacial score (nSPS) is 10.5. The Labute approximate surface area is 88.5 Å². The molecule has 0 unspecified atom stereocenters. The van der Waals surface area contributed by atoms with E-state index in [0.29, 0.717) is 0 Å². The van der Waals surface area contributed by atoms with Gasteiger partial charge in [-0.25, -0.2) is 4.98 Å². The van der Waals surface area contributed by atoms with Crippen LogP contribution in [0.1, 0.15) is 19.8 Å². The number of anilines is 1. The van der Waals surface area contributed by atoms with Crippen molar-refractivity contribution in [2.45, 2.75) is 19.8 Å². The minimum atomic E-state index is 0.866. The summed E-state index contributed by atoms with van der Waals surface area (Å²) < 4.78 is 1.97. The van der Waals surface area contributed by atoms with E-state index in [4.69, 9.17) is 0 Å². The van der Waals surface area contributed by atoms with Crippen molar-refractivity contribution in [2.75, 3.05) is 11.9 Å². The Bertz CT molecular complexity index is 390. The number of imidazole rings is 1. The molecular weight excluding hydrogens is 190 g/mol. The monoisotopic (exact) mass is 205 g/mol. The van der Waals surface area contributed by atoms with Crippen LogP contribution in [-0.4, -0.2) is 26.3 Å². The Morgan fingerprint density at radius 3 is 3.20 bits per heavy atom. The summed E-state index contributed by atoms with van der Waals surface area (Å²) in [6, 6.07) is 0. The van der Waals surface area contributed by atoms with Crippen molar-refractivity contribution >= 4 is 5.95 Å². The third kappa shape index (κ3) is 2.18. The zero-order valence-electron chi connectivity index (χ0n) is 8.77. The van der Waals surface area contributed by atoms with E-state index in [2.05, 4.69) is 27.4 Å². The Balaban J connectivity index is 2.09. The zero-order valence-corrected chi connectivity index (χ0v) is 8.77. The van der Waals surface area contributed by atoms with E-state index in [-0.39, 0.29) is 0 Å². The molecule has 0 aromatic carbocycles. The molecule has 5 heteroatoms. The molecule has 0 radical (unpaired) electrons. The summed E-state index contributed by atoms with van der Waals surface area (Å²) >= 11 is 0. The molecular formula is C10H15N5. The van der Waals surface area contributed by atoms with Crippen LogP contribution >= 0.6 is 0 Å². The summed E-state index contributed by atoms with van der Waals surface area (Å²) in [5.41, 5.74) is 0.992. The molecule has 2 aromatic heterocycles. The highest BCUT2D eigenvalue weighted by Crippen LogP contribution is 2.12. The largest absolute Gasteiger partial charge is 0.355 e. The standard InChI is InChI=1S/C10H15N5/c1-2-3-4-11-10-12-5-6-15(10)9-7-13-14-8-9/h5-8H,2-4H2,1H3,(H,11,12)(H,13,14). The van der Waals surface area contributed by atoms with Gasteiger partial charge in [0.05, 0.1) is 11.9 Å². The van der Waals surface area contributed by atoms with Gasteiger partial charge in [0.1, 0.15) is 0 Å². The van der Waals surface area contributed by atoms with Gasteiger partial charge in [0, 0.05) is 25.1 Å². The van der Waals surface area contributed by atoms with E-state index in [1.54, 1.807) is 12.4 Å². The van der Waals surface area contributed by atoms with E-state index < -0.39 is 0 Å². The Kier molecular flexibility index (Phi) is 3.02. The van der Waals surface area contributed by atoms with Crippen LogP contribution in [0.4, 0.5) is 5.95 Å². The van der Waals surface area contributed by atoms with Gasteiger partial charge < -0.3 is 5.32 Å². The average Bonchev–Trinajstić information content (AvgIpc) is 2.87. The first-order chi connectivity index (χ1) is 7.42. The van der Waals surface area contributed by atoms with Crippen LogP contribution in [0.25, 0.3) is 5.69 Å². The number of nitrogens with zero attached hydrogens (tertiary/aromatic N) is 3. The van der Waals surface area contributed by atoms with Gasteiger partial charge in [-0.2, -0.15) is 5.10 Å². The second-order valence-corrected chi connectivity index (χ2v) is 3.36. The Hall–Kier alpha value is -1.78. The van der Waals surface area contributed by atoms with E-state index in [1.807, 2.05) is 17.0 Å². The number of H-pyrrole nitrogens is 1. The number of nitrogens with one attached hydrogen (secondary N) is 2. The molecule has 0 amide bonds. The highest BCUT2D eigenvalue weighted by Gasteiger charge is 2.03. The first-order valence-electron chi connectivity index (χ1n) is 5.18. The van der Waals surface area contributed by atoms with E-state index in [1.165, 1.54) is 6.42 Å². The molecule has 0 atom stereocenters. The van der Waals surface area contributed by atoms with Gasteiger partial charge >= 0.3 is 0 Å². The third-order valence-electron chi connectivity index (χ3n) is 2.22. The predicted octanol–water partition coefficient (Wildman–Crippen LogP) is 1.81. The first-order valence-corrected chi connectivity index (χ1v) is 5.18. The molecule has 0 spiro atoms. The predicted molar refractivity (Wildman–Crippen MR) is 59.1 cm³/mol. The highest BCUT2D eigenvalue weighted by molar-refractivity contribution is 5.38. The minimum absolute atomic E-state index is 0.866. The second kappa shape index (κ2) is 4.63. The summed E-state index contributed by atoms with van der Waals surface area (Å²) in [5.74, 6) is 0.866. The summed E-state index contributed by atoms with van der Waals surface area (Å²) in [7, 11) is 0. The molecule has 0 fully saturated rings. The maximum atomic E-state index is 4.25. The number of unbranched alkanes of at least 4 members (excludes halogenated alkanes) is 1. The van der Waals surface area contributed by atoms with Gasteiger partial charge in [-0.1, -0.05) is 13.3 Å². The van der Waals surface area contributed by atoms with Crippen LogP contribution in [-0.2, 0) is 0 Å². The van der Waals surface area contributed by atoms with E-state index >= 15 is 0 Å². The smallest absolute Gasteiger partial charge is 0.207 e. The molecule has 0 aliphatic carbocycles. The number of hydrogen-bond donors (Lipinski definition) is 2. The van der Waals surface area contributed by atoms with Crippen molar-refractivity contribution in [3.05, 3.63) is 24.8 Å². The van der Waals surface area contributed by atoms with Crippen molar-refractivity contribution < 1.29 is 0 Å². The highest BCUT2D eigenvalue weighted by atomic mass is 15.2. The molecule has 2 heterocycles. The Morgan fingerprint density at radius 2 is 2.47 bits per heavy atom. The van der Waals surface area contributed by atoms with Crippen molar-refractivity contribution in [2.24, 2.45) is 0 Å². The summed E-state index contributed by atoms with van der Waals surface area (Å²) in [6.07, 6.45) is 9.64. The van der Waals surface area contributed by atoms with Crippen LogP contribution in [0.15, 0.2) is 24.8 Å². The SMILES string of the molecule is CCCCNc1nccn1-c1cn[nH]c1. The molecule has 0 bridgehead atoms. The molecule has 2 N–H and O–H groups in total. The molecule has 0 saturated heterocycles. The average molecular weight is 205 g/mol. The number of aromatic nitrogens is 4. The molecule has 0 aliphatic heterocycles. The first kappa shape index (κ1) is 9.76. The third-order valence-corrected chi connectivity index (χ3v) is 2.22. The Morgan fingerprint density at radius 1 is 1.53 bits per heavy atom. The quantitative estimate of drug-likeness (QED) is 0.732. The van der Waals surface area contributed by atoms with Crippen LogP contribution in [0, 0.1) is 0 Å². The van der Waals surface area contributed by atoms with Crippen molar-refractivity contribution in [1.29, 1.82) is 0 Å². The fourth-order valence-electron chi connectivity index (χ4n) is 1.40. The molecule has 5 nitrogen and oxygen atoms in total. The lowest BCUT2D eigenvalue weighted by Crippen LogP contribution is -2.06. The lowest BCUT2D eigenvalue weighted by atomic mass is 10.3. The van der Waals surface area contributed by atoms with Gasteiger partial charge in [0.2, 0.25) is 5.95 Å². The second-order valence-electron chi connectivity index (χ2n) is 3.36. The zero-order chi connectivity index (χ0) is 10.5. The number of aromatic amines is 1. The maximum absolute atomic E-state index is 4.25. The molecule has 15 heavy (non-hydrogen) atoms. The number of hydrogen-bond acceptors (Lipinski definition) is 3. The molecule has 2 rings (SSSR count). The van der Waals surface area contributed by atoms with Crippen molar-refractivity contribution in [3.63, 3.8) is 0 Å². The fourth-order valence-corrected chi connectivity index (χ4v) is 1.40. The van der Waals surface area contributed by atoms with Gasteiger partial charge in [-0.15, -0.1) is 0 Å². The van der Waals surface area contributed by atoms with Crippen LogP contribution in [0.3, 0.4) is 0 Å². The van der Waals surface area contributed by atoms with E-state index in [9.17, 15) is 0 Å². The van der Waals surface area contributed by atoms with Crippen molar-refractivity contribution in [3.8, 4) is 5.69 Å². The fraction of sp³-hybridized carbons (Fsp3) is 0.400. The van der Waals surface area contributed by atoms with Gasteiger partial charge in [-0.05, 0) is 6.42 Å². The molecule has 2 aromatic rings. The molecule has 80 valence electrons. The molecule has 0 saturated carbocycles. The minimum Gasteiger partial charge on any atom is -0.355 e.